The molecule has 2 aromatic heterocycles. The highest BCUT2D eigenvalue weighted by atomic mass is 15.3. The molecule has 0 aliphatic carbocycles. The second kappa shape index (κ2) is 4.15. The zero-order valence-electron chi connectivity index (χ0n) is 9.00. The van der Waals surface area contributed by atoms with Gasteiger partial charge < -0.3 is 5.32 Å². The fourth-order valence-corrected chi connectivity index (χ4v) is 1.91. The van der Waals surface area contributed by atoms with E-state index in [1.165, 1.54) is 0 Å². The SMILES string of the molecule is c1cnc2nc(CN3CCNCC3)nn2c1. The quantitative estimate of drug-likeness (QED) is 0.738. The van der Waals surface area contributed by atoms with Gasteiger partial charge in [-0.3, -0.25) is 4.90 Å². The fraction of sp³-hybridized carbons (Fsp3) is 0.500. The zero-order valence-corrected chi connectivity index (χ0v) is 9.00. The second-order valence-corrected chi connectivity index (χ2v) is 3.92. The molecule has 6 nitrogen and oxygen atoms in total. The molecule has 0 amide bonds. The summed E-state index contributed by atoms with van der Waals surface area (Å²) in [4.78, 5) is 10.9. The Bertz CT molecular complexity index is 440. The first kappa shape index (κ1) is 9.68. The predicted molar refractivity (Wildman–Crippen MR) is 58.9 cm³/mol. The summed E-state index contributed by atoms with van der Waals surface area (Å²) >= 11 is 0. The first-order chi connectivity index (χ1) is 7.92. The van der Waals surface area contributed by atoms with E-state index in [-0.39, 0.29) is 0 Å². The number of nitrogens with zero attached hydrogens (tertiary/aromatic N) is 5. The maximum absolute atomic E-state index is 4.39. The Morgan fingerprint density at radius 3 is 3.00 bits per heavy atom. The minimum Gasteiger partial charge on any atom is -0.314 e. The lowest BCUT2D eigenvalue weighted by Gasteiger charge is -2.25. The van der Waals surface area contributed by atoms with Gasteiger partial charge in [0.25, 0.3) is 5.78 Å². The second-order valence-electron chi connectivity index (χ2n) is 3.92. The summed E-state index contributed by atoms with van der Waals surface area (Å²) in [5.41, 5.74) is 0. The van der Waals surface area contributed by atoms with Crippen LogP contribution in [0.5, 0.6) is 0 Å². The Morgan fingerprint density at radius 1 is 1.31 bits per heavy atom. The van der Waals surface area contributed by atoms with E-state index in [9.17, 15) is 0 Å². The lowest BCUT2D eigenvalue weighted by molar-refractivity contribution is 0.228. The lowest BCUT2D eigenvalue weighted by atomic mass is 10.3. The smallest absolute Gasteiger partial charge is 0.252 e. The Morgan fingerprint density at radius 2 is 2.19 bits per heavy atom. The van der Waals surface area contributed by atoms with Crippen LogP contribution in [0.15, 0.2) is 18.5 Å². The van der Waals surface area contributed by atoms with Crippen molar-refractivity contribution in [3.05, 3.63) is 24.3 Å². The molecule has 3 heterocycles. The van der Waals surface area contributed by atoms with Gasteiger partial charge in [0.1, 0.15) is 0 Å². The van der Waals surface area contributed by atoms with Gasteiger partial charge in [0.05, 0.1) is 6.54 Å². The molecule has 1 saturated heterocycles. The van der Waals surface area contributed by atoms with E-state index in [1.807, 2.05) is 12.3 Å². The van der Waals surface area contributed by atoms with Gasteiger partial charge in [0.15, 0.2) is 5.82 Å². The van der Waals surface area contributed by atoms with Crippen LogP contribution in [-0.4, -0.2) is 50.7 Å². The molecule has 2 aromatic rings. The zero-order chi connectivity index (χ0) is 10.8. The van der Waals surface area contributed by atoms with E-state index in [1.54, 1.807) is 10.7 Å². The monoisotopic (exact) mass is 218 g/mol. The average Bonchev–Trinajstić information content (AvgIpc) is 2.72. The van der Waals surface area contributed by atoms with Crippen LogP contribution < -0.4 is 5.32 Å². The maximum Gasteiger partial charge on any atom is 0.252 e. The molecule has 0 aromatic carbocycles. The van der Waals surface area contributed by atoms with Crippen LogP contribution in [0.25, 0.3) is 5.78 Å². The van der Waals surface area contributed by atoms with Crippen molar-refractivity contribution in [1.82, 2.24) is 29.8 Å². The third-order valence-electron chi connectivity index (χ3n) is 2.74. The molecule has 0 spiro atoms. The Labute approximate surface area is 93.3 Å². The molecular weight excluding hydrogens is 204 g/mol. The first-order valence-corrected chi connectivity index (χ1v) is 5.51. The van der Waals surface area contributed by atoms with Crippen LogP contribution in [-0.2, 0) is 6.54 Å². The van der Waals surface area contributed by atoms with Gasteiger partial charge in [0, 0.05) is 38.6 Å². The van der Waals surface area contributed by atoms with Crippen molar-refractivity contribution in [2.24, 2.45) is 0 Å². The van der Waals surface area contributed by atoms with Gasteiger partial charge in [0.2, 0.25) is 0 Å². The van der Waals surface area contributed by atoms with Crippen LogP contribution >= 0.6 is 0 Å². The van der Waals surface area contributed by atoms with Gasteiger partial charge in [-0.15, -0.1) is 5.10 Å². The summed E-state index contributed by atoms with van der Waals surface area (Å²) in [6.07, 6.45) is 3.61. The highest BCUT2D eigenvalue weighted by Gasteiger charge is 2.12. The minimum absolute atomic E-state index is 0.674. The summed E-state index contributed by atoms with van der Waals surface area (Å²) in [5.74, 6) is 1.52. The summed E-state index contributed by atoms with van der Waals surface area (Å²) in [5, 5.41) is 7.71. The largest absolute Gasteiger partial charge is 0.314 e. The molecule has 1 aliphatic rings. The van der Waals surface area contributed by atoms with Crippen molar-refractivity contribution >= 4 is 5.78 Å². The van der Waals surface area contributed by atoms with Gasteiger partial charge in [-0.2, -0.15) is 4.98 Å². The number of nitrogens with one attached hydrogen (secondary N) is 1. The summed E-state index contributed by atoms with van der Waals surface area (Å²) in [7, 11) is 0. The molecule has 84 valence electrons. The molecule has 1 fully saturated rings. The van der Waals surface area contributed by atoms with Crippen LogP contribution in [0, 0.1) is 0 Å². The van der Waals surface area contributed by atoms with E-state index in [4.69, 9.17) is 0 Å². The number of piperazine rings is 1. The average molecular weight is 218 g/mol. The van der Waals surface area contributed by atoms with Gasteiger partial charge in [-0.05, 0) is 6.07 Å². The third-order valence-corrected chi connectivity index (χ3v) is 2.74. The molecule has 0 bridgehead atoms. The fourth-order valence-electron chi connectivity index (χ4n) is 1.91. The lowest BCUT2D eigenvalue weighted by Crippen LogP contribution is -2.43. The number of fused-ring (bicyclic) bond motifs is 1. The molecule has 6 heteroatoms. The Balaban J connectivity index is 1.78. The number of hydrogen-bond acceptors (Lipinski definition) is 5. The van der Waals surface area contributed by atoms with Crippen molar-refractivity contribution in [1.29, 1.82) is 0 Å². The van der Waals surface area contributed by atoms with Gasteiger partial charge in [-0.1, -0.05) is 0 Å². The molecule has 16 heavy (non-hydrogen) atoms. The molecule has 1 N–H and O–H groups in total. The number of rotatable bonds is 2. The van der Waals surface area contributed by atoms with Gasteiger partial charge in [-0.25, -0.2) is 9.50 Å². The van der Waals surface area contributed by atoms with Gasteiger partial charge >= 0.3 is 0 Å². The van der Waals surface area contributed by atoms with E-state index in [2.05, 4.69) is 25.3 Å². The third kappa shape index (κ3) is 1.89. The molecule has 0 unspecified atom stereocenters. The molecular formula is C10H14N6. The normalized spacial score (nSPS) is 18.0. The minimum atomic E-state index is 0.674. The van der Waals surface area contributed by atoms with E-state index < -0.39 is 0 Å². The molecule has 1 aliphatic heterocycles. The maximum atomic E-state index is 4.39. The van der Waals surface area contributed by atoms with Crippen LogP contribution in [0.3, 0.4) is 0 Å². The molecule has 3 rings (SSSR count). The van der Waals surface area contributed by atoms with E-state index >= 15 is 0 Å². The van der Waals surface area contributed by atoms with E-state index in [0.29, 0.717) is 5.78 Å². The standard InChI is InChI=1S/C10H14N6/c1-2-12-10-13-9(14-16(10)5-1)8-15-6-3-11-4-7-15/h1-2,5,11H,3-4,6-8H2. The van der Waals surface area contributed by atoms with Crippen LogP contribution in [0.4, 0.5) is 0 Å². The Hall–Kier alpha value is -1.53. The van der Waals surface area contributed by atoms with Crippen LogP contribution in [0.2, 0.25) is 0 Å². The van der Waals surface area contributed by atoms with E-state index in [0.717, 1.165) is 38.5 Å². The summed E-state index contributed by atoms with van der Waals surface area (Å²) in [6.45, 7) is 5.02. The summed E-state index contributed by atoms with van der Waals surface area (Å²) in [6, 6.07) is 1.86. The highest BCUT2D eigenvalue weighted by Crippen LogP contribution is 2.02. The van der Waals surface area contributed by atoms with Crippen molar-refractivity contribution in [2.75, 3.05) is 26.2 Å². The molecule has 0 atom stereocenters. The Kier molecular flexibility index (Phi) is 2.51. The van der Waals surface area contributed by atoms with Crippen molar-refractivity contribution < 1.29 is 0 Å². The van der Waals surface area contributed by atoms with Crippen molar-refractivity contribution in [3.63, 3.8) is 0 Å². The van der Waals surface area contributed by atoms with Crippen molar-refractivity contribution in [3.8, 4) is 0 Å². The topological polar surface area (TPSA) is 58.4 Å². The van der Waals surface area contributed by atoms with Crippen molar-refractivity contribution in [2.45, 2.75) is 6.54 Å². The first-order valence-electron chi connectivity index (χ1n) is 5.51. The highest BCUT2D eigenvalue weighted by molar-refractivity contribution is 5.24. The number of aromatic nitrogens is 4. The van der Waals surface area contributed by atoms with Crippen LogP contribution in [0.1, 0.15) is 5.82 Å². The number of hydrogen-bond donors (Lipinski definition) is 1. The summed E-state index contributed by atoms with van der Waals surface area (Å²) < 4.78 is 1.72. The molecule has 0 saturated carbocycles. The molecule has 0 radical (unpaired) electrons. The predicted octanol–water partition coefficient (Wildman–Crippen LogP) is -0.471.